The molecule has 0 saturated carbocycles. The fourth-order valence-corrected chi connectivity index (χ4v) is 1.98. The van der Waals surface area contributed by atoms with E-state index in [1.165, 1.54) is 13.0 Å². The summed E-state index contributed by atoms with van der Waals surface area (Å²) in [7, 11) is 2.19. The molecule has 0 heterocycles. The minimum absolute atomic E-state index is 0.102. The predicted molar refractivity (Wildman–Crippen MR) is 80.0 cm³/mol. The average Bonchev–Trinajstić information content (AvgIpc) is 2.34. The Kier molecular flexibility index (Phi) is 9.70. The highest BCUT2D eigenvalue weighted by atomic mass is 16.3. The lowest BCUT2D eigenvalue weighted by Crippen LogP contribution is -2.46. The molecule has 3 nitrogen and oxygen atoms in total. The van der Waals surface area contributed by atoms with E-state index in [9.17, 15) is 5.11 Å². The van der Waals surface area contributed by atoms with Gasteiger partial charge in [0.15, 0.2) is 0 Å². The lowest BCUT2D eigenvalue weighted by molar-refractivity contribution is 0.158. The maximum absolute atomic E-state index is 9.48. The second-order valence-corrected chi connectivity index (χ2v) is 6.23. The summed E-state index contributed by atoms with van der Waals surface area (Å²) >= 11 is 0. The molecular weight excluding hydrogens is 224 g/mol. The van der Waals surface area contributed by atoms with Gasteiger partial charge in [0.1, 0.15) is 0 Å². The molecule has 0 radical (unpaired) electrons. The number of hydrogen-bond acceptors (Lipinski definition) is 3. The van der Waals surface area contributed by atoms with Gasteiger partial charge in [-0.05, 0) is 65.2 Å². The van der Waals surface area contributed by atoms with Crippen LogP contribution in [-0.2, 0) is 0 Å². The molecule has 0 rings (SSSR count). The molecular formula is C15H34N2O. The second kappa shape index (κ2) is 9.76. The molecule has 1 atom stereocenters. The van der Waals surface area contributed by atoms with E-state index in [-0.39, 0.29) is 12.1 Å². The van der Waals surface area contributed by atoms with E-state index in [0.29, 0.717) is 0 Å². The summed E-state index contributed by atoms with van der Waals surface area (Å²) in [6, 6.07) is 0. The van der Waals surface area contributed by atoms with Crippen molar-refractivity contribution in [2.24, 2.45) is 5.92 Å². The summed E-state index contributed by atoms with van der Waals surface area (Å²) in [5.41, 5.74) is -0.102. The summed E-state index contributed by atoms with van der Waals surface area (Å²) in [6.45, 7) is 12.3. The quantitative estimate of drug-likeness (QED) is 0.598. The van der Waals surface area contributed by atoms with Crippen LogP contribution in [0.4, 0.5) is 0 Å². The lowest BCUT2D eigenvalue weighted by Gasteiger charge is -2.29. The van der Waals surface area contributed by atoms with E-state index < -0.39 is 0 Å². The van der Waals surface area contributed by atoms with Crippen LogP contribution < -0.4 is 5.32 Å². The molecule has 1 unspecified atom stereocenters. The Labute approximate surface area is 114 Å². The van der Waals surface area contributed by atoms with E-state index in [4.69, 9.17) is 0 Å². The number of hydrogen-bond donors (Lipinski definition) is 2. The lowest BCUT2D eigenvalue weighted by atomic mass is 9.96. The molecule has 0 aliphatic rings. The van der Waals surface area contributed by atoms with Crippen molar-refractivity contribution in [3.8, 4) is 0 Å². The van der Waals surface area contributed by atoms with Crippen molar-refractivity contribution < 1.29 is 5.11 Å². The van der Waals surface area contributed by atoms with Crippen molar-refractivity contribution in [3.63, 3.8) is 0 Å². The van der Waals surface area contributed by atoms with Gasteiger partial charge in [-0.1, -0.05) is 20.8 Å². The second-order valence-electron chi connectivity index (χ2n) is 6.23. The smallest absolute Gasteiger partial charge is 0.0610 e. The monoisotopic (exact) mass is 258 g/mol. The van der Waals surface area contributed by atoms with Gasteiger partial charge < -0.3 is 15.3 Å². The summed E-state index contributed by atoms with van der Waals surface area (Å²) in [5.74, 6) is 0.779. The molecule has 0 aromatic rings. The molecule has 0 bridgehead atoms. The van der Waals surface area contributed by atoms with Gasteiger partial charge in [0.05, 0.1) is 6.61 Å². The number of aliphatic hydroxyl groups is 1. The molecule has 0 amide bonds. The molecule has 3 heteroatoms. The van der Waals surface area contributed by atoms with Gasteiger partial charge in [0.25, 0.3) is 0 Å². The summed E-state index contributed by atoms with van der Waals surface area (Å²) in [4.78, 5) is 2.40. The first kappa shape index (κ1) is 17.9. The fourth-order valence-electron chi connectivity index (χ4n) is 1.98. The number of nitrogens with zero attached hydrogens (tertiary/aromatic N) is 1. The summed E-state index contributed by atoms with van der Waals surface area (Å²) in [6.07, 6.45) is 4.56. The Hall–Kier alpha value is -0.120. The minimum atomic E-state index is -0.102. The van der Waals surface area contributed by atoms with Crippen molar-refractivity contribution in [1.82, 2.24) is 10.2 Å². The molecule has 0 aliphatic heterocycles. The minimum Gasteiger partial charge on any atom is -0.394 e. The topological polar surface area (TPSA) is 35.5 Å². The van der Waals surface area contributed by atoms with Crippen LogP contribution in [0.5, 0.6) is 0 Å². The summed E-state index contributed by atoms with van der Waals surface area (Å²) in [5, 5.41) is 12.9. The van der Waals surface area contributed by atoms with Gasteiger partial charge in [0, 0.05) is 5.54 Å². The molecule has 110 valence electrons. The molecule has 0 fully saturated rings. The highest BCUT2D eigenvalue weighted by Gasteiger charge is 2.21. The Balaban J connectivity index is 3.78. The van der Waals surface area contributed by atoms with Crippen LogP contribution in [0.3, 0.4) is 0 Å². The maximum atomic E-state index is 9.48. The third-order valence-corrected chi connectivity index (χ3v) is 3.51. The molecule has 2 N–H and O–H groups in total. The molecule has 0 aromatic heterocycles. The first-order valence-electron chi connectivity index (χ1n) is 7.48. The van der Waals surface area contributed by atoms with Crippen molar-refractivity contribution in [3.05, 3.63) is 0 Å². The third kappa shape index (κ3) is 8.90. The Bertz CT molecular complexity index is 197. The van der Waals surface area contributed by atoms with E-state index in [0.717, 1.165) is 38.3 Å². The third-order valence-electron chi connectivity index (χ3n) is 3.51. The summed E-state index contributed by atoms with van der Waals surface area (Å²) < 4.78 is 0. The first-order valence-corrected chi connectivity index (χ1v) is 7.48. The van der Waals surface area contributed by atoms with Gasteiger partial charge in [-0.15, -0.1) is 0 Å². The highest BCUT2D eigenvalue weighted by Crippen LogP contribution is 2.12. The number of rotatable bonds is 11. The van der Waals surface area contributed by atoms with Crippen LogP contribution in [0, 0.1) is 5.92 Å². The van der Waals surface area contributed by atoms with Crippen LogP contribution >= 0.6 is 0 Å². The fraction of sp³-hybridized carbons (Fsp3) is 1.00. The molecule has 0 aliphatic carbocycles. The van der Waals surface area contributed by atoms with Gasteiger partial charge in [-0.2, -0.15) is 0 Å². The standard InChI is InChI=1S/C15H34N2O/c1-6-10-16-15(4,13-18)9-7-11-17(5)12-8-14(2)3/h14,16,18H,6-13H2,1-5H3. The largest absolute Gasteiger partial charge is 0.394 e. The predicted octanol–water partition coefficient (Wildman–Crippen LogP) is 2.50. The van der Waals surface area contributed by atoms with Crippen LogP contribution in [0.15, 0.2) is 0 Å². The molecule has 0 aromatic carbocycles. The Morgan fingerprint density at radius 3 is 2.44 bits per heavy atom. The van der Waals surface area contributed by atoms with Crippen molar-refractivity contribution in [2.75, 3.05) is 33.3 Å². The maximum Gasteiger partial charge on any atom is 0.0610 e. The van der Waals surface area contributed by atoms with Gasteiger partial charge >= 0.3 is 0 Å². The average molecular weight is 258 g/mol. The Morgan fingerprint density at radius 2 is 1.94 bits per heavy atom. The van der Waals surface area contributed by atoms with Gasteiger partial charge in [-0.25, -0.2) is 0 Å². The van der Waals surface area contributed by atoms with Crippen molar-refractivity contribution >= 4 is 0 Å². The number of aliphatic hydroxyl groups excluding tert-OH is 1. The zero-order chi connectivity index (χ0) is 14.0. The van der Waals surface area contributed by atoms with Crippen LogP contribution in [-0.4, -0.2) is 48.8 Å². The van der Waals surface area contributed by atoms with Gasteiger partial charge in [0.2, 0.25) is 0 Å². The van der Waals surface area contributed by atoms with Gasteiger partial charge in [-0.3, -0.25) is 0 Å². The first-order chi connectivity index (χ1) is 8.43. The van der Waals surface area contributed by atoms with E-state index in [2.05, 4.69) is 45.0 Å². The normalized spacial score (nSPS) is 15.3. The molecule has 18 heavy (non-hydrogen) atoms. The van der Waals surface area contributed by atoms with E-state index >= 15 is 0 Å². The van der Waals surface area contributed by atoms with Crippen LogP contribution in [0.1, 0.15) is 53.4 Å². The van der Waals surface area contributed by atoms with Crippen molar-refractivity contribution in [1.29, 1.82) is 0 Å². The van der Waals surface area contributed by atoms with E-state index in [1.54, 1.807) is 0 Å². The van der Waals surface area contributed by atoms with Crippen molar-refractivity contribution in [2.45, 2.75) is 58.9 Å². The number of nitrogens with one attached hydrogen (secondary N) is 1. The zero-order valence-electron chi connectivity index (χ0n) is 13.1. The SMILES string of the molecule is CCCNC(C)(CO)CCCN(C)CCC(C)C. The van der Waals surface area contributed by atoms with Crippen LogP contribution in [0.25, 0.3) is 0 Å². The van der Waals surface area contributed by atoms with Crippen LogP contribution in [0.2, 0.25) is 0 Å². The highest BCUT2D eigenvalue weighted by molar-refractivity contribution is 4.82. The van der Waals surface area contributed by atoms with E-state index in [1.807, 2.05) is 0 Å². The Morgan fingerprint density at radius 1 is 1.28 bits per heavy atom. The molecule has 0 saturated heterocycles. The zero-order valence-corrected chi connectivity index (χ0v) is 13.1. The molecule has 0 spiro atoms.